The highest BCUT2D eigenvalue weighted by molar-refractivity contribution is 7.89. The standard InChI is InChI=1S/C22H27N3O4S/c1-2-3-4-16-5-9-19(10-6-16)25-15-18(13-21(25)26)22(27)24-14-17-7-11-20(12-8-17)30(23,28)29/h5-12,18H,2-4,13-15H2,1H3,(H,24,27)(H2,23,28,29)/t18-/m0/s1. The van der Waals surface area contributed by atoms with Crippen LogP contribution in [0.5, 0.6) is 0 Å². The van der Waals surface area contributed by atoms with Gasteiger partial charge in [-0.25, -0.2) is 13.6 Å². The summed E-state index contributed by atoms with van der Waals surface area (Å²) in [4.78, 5) is 26.6. The van der Waals surface area contributed by atoms with E-state index in [0.29, 0.717) is 6.54 Å². The van der Waals surface area contributed by atoms with Gasteiger partial charge in [-0.3, -0.25) is 9.59 Å². The van der Waals surface area contributed by atoms with E-state index in [1.54, 1.807) is 17.0 Å². The molecule has 0 saturated carbocycles. The molecular weight excluding hydrogens is 402 g/mol. The number of nitrogens with zero attached hydrogens (tertiary/aromatic N) is 1. The molecule has 2 amide bonds. The lowest BCUT2D eigenvalue weighted by Crippen LogP contribution is -2.32. The van der Waals surface area contributed by atoms with Crippen molar-refractivity contribution in [3.05, 3.63) is 59.7 Å². The maximum Gasteiger partial charge on any atom is 0.238 e. The van der Waals surface area contributed by atoms with Crippen LogP contribution in [-0.4, -0.2) is 26.8 Å². The number of benzene rings is 2. The second kappa shape index (κ2) is 9.40. The number of unbranched alkanes of at least 4 members (excludes halogenated alkanes) is 1. The number of aryl methyl sites for hydroxylation is 1. The van der Waals surface area contributed by atoms with Crippen LogP contribution in [0.15, 0.2) is 53.4 Å². The number of carbonyl (C=O) groups excluding carboxylic acids is 2. The minimum Gasteiger partial charge on any atom is -0.352 e. The molecule has 1 atom stereocenters. The van der Waals surface area contributed by atoms with E-state index in [9.17, 15) is 18.0 Å². The quantitative estimate of drug-likeness (QED) is 0.671. The normalized spacial score (nSPS) is 16.7. The molecule has 1 fully saturated rings. The van der Waals surface area contributed by atoms with Crippen LogP contribution in [-0.2, 0) is 32.6 Å². The third kappa shape index (κ3) is 5.46. The lowest BCUT2D eigenvalue weighted by molar-refractivity contribution is -0.126. The minimum absolute atomic E-state index is 0.0234. The van der Waals surface area contributed by atoms with E-state index in [0.717, 1.165) is 30.5 Å². The first-order chi connectivity index (χ1) is 14.3. The number of nitrogens with one attached hydrogen (secondary N) is 1. The van der Waals surface area contributed by atoms with Crippen LogP contribution in [0.1, 0.15) is 37.3 Å². The summed E-state index contributed by atoms with van der Waals surface area (Å²) in [6.45, 7) is 2.76. The van der Waals surface area contributed by atoms with E-state index >= 15 is 0 Å². The zero-order chi connectivity index (χ0) is 21.7. The fraction of sp³-hybridized carbons (Fsp3) is 0.364. The molecule has 1 aliphatic heterocycles. The number of hydrogen-bond acceptors (Lipinski definition) is 4. The van der Waals surface area contributed by atoms with Gasteiger partial charge in [-0.05, 0) is 48.2 Å². The minimum atomic E-state index is -3.74. The predicted octanol–water partition coefficient (Wildman–Crippen LogP) is 2.35. The molecule has 2 aromatic rings. The van der Waals surface area contributed by atoms with Crippen molar-refractivity contribution in [3.63, 3.8) is 0 Å². The number of rotatable bonds is 8. The van der Waals surface area contributed by atoms with Crippen molar-refractivity contribution < 1.29 is 18.0 Å². The molecule has 0 spiro atoms. The van der Waals surface area contributed by atoms with Crippen LogP contribution >= 0.6 is 0 Å². The molecule has 0 aliphatic carbocycles. The number of sulfonamides is 1. The van der Waals surface area contributed by atoms with Crippen LogP contribution in [0.2, 0.25) is 0 Å². The first-order valence-electron chi connectivity index (χ1n) is 10.1. The van der Waals surface area contributed by atoms with Gasteiger partial charge in [0.15, 0.2) is 0 Å². The van der Waals surface area contributed by atoms with E-state index in [1.807, 2.05) is 24.3 Å². The van der Waals surface area contributed by atoms with Crippen molar-refractivity contribution in [1.29, 1.82) is 0 Å². The molecule has 2 aromatic carbocycles. The summed E-state index contributed by atoms with van der Waals surface area (Å²) in [5, 5.41) is 7.91. The molecule has 0 aromatic heterocycles. The fourth-order valence-electron chi connectivity index (χ4n) is 3.49. The van der Waals surface area contributed by atoms with Crippen molar-refractivity contribution in [2.45, 2.75) is 44.0 Å². The first-order valence-corrected chi connectivity index (χ1v) is 11.6. The summed E-state index contributed by atoms with van der Waals surface area (Å²) in [6, 6.07) is 14.0. The summed E-state index contributed by atoms with van der Waals surface area (Å²) in [6.07, 6.45) is 3.47. The topological polar surface area (TPSA) is 110 Å². The summed E-state index contributed by atoms with van der Waals surface area (Å²) in [7, 11) is -3.74. The van der Waals surface area contributed by atoms with Gasteiger partial charge in [0.25, 0.3) is 0 Å². The van der Waals surface area contributed by atoms with E-state index in [1.165, 1.54) is 17.7 Å². The number of primary sulfonamides is 1. The smallest absolute Gasteiger partial charge is 0.238 e. The van der Waals surface area contributed by atoms with Crippen LogP contribution in [0.4, 0.5) is 5.69 Å². The summed E-state index contributed by atoms with van der Waals surface area (Å²) < 4.78 is 22.6. The van der Waals surface area contributed by atoms with Gasteiger partial charge in [0.1, 0.15) is 0 Å². The molecule has 7 nitrogen and oxygen atoms in total. The molecule has 0 radical (unpaired) electrons. The molecule has 1 saturated heterocycles. The molecule has 1 aliphatic rings. The Hall–Kier alpha value is -2.71. The van der Waals surface area contributed by atoms with Gasteiger partial charge < -0.3 is 10.2 Å². The third-order valence-electron chi connectivity index (χ3n) is 5.28. The Labute approximate surface area is 177 Å². The van der Waals surface area contributed by atoms with Gasteiger partial charge in [0, 0.05) is 25.2 Å². The van der Waals surface area contributed by atoms with E-state index in [-0.39, 0.29) is 29.7 Å². The van der Waals surface area contributed by atoms with Crippen LogP contribution < -0.4 is 15.4 Å². The van der Waals surface area contributed by atoms with Crippen molar-refractivity contribution in [2.75, 3.05) is 11.4 Å². The molecule has 8 heteroatoms. The Bertz CT molecular complexity index is 1000. The summed E-state index contributed by atoms with van der Waals surface area (Å²) in [5.74, 6) is -0.670. The summed E-state index contributed by atoms with van der Waals surface area (Å²) >= 11 is 0. The molecule has 160 valence electrons. The van der Waals surface area contributed by atoms with Gasteiger partial charge in [-0.15, -0.1) is 0 Å². The fourth-order valence-corrected chi connectivity index (χ4v) is 4.00. The molecule has 0 unspecified atom stereocenters. The number of anilines is 1. The molecule has 0 bridgehead atoms. The van der Waals surface area contributed by atoms with Gasteiger partial charge in [-0.1, -0.05) is 37.6 Å². The van der Waals surface area contributed by atoms with Gasteiger partial charge in [0.05, 0.1) is 10.8 Å². The Kier molecular flexibility index (Phi) is 6.89. The number of nitrogens with two attached hydrogens (primary N) is 1. The Morgan fingerprint density at radius 3 is 2.33 bits per heavy atom. The number of hydrogen-bond donors (Lipinski definition) is 2. The molecule has 3 N–H and O–H groups in total. The van der Waals surface area contributed by atoms with Crippen LogP contribution in [0, 0.1) is 5.92 Å². The Balaban J connectivity index is 1.56. The van der Waals surface area contributed by atoms with Crippen molar-refractivity contribution in [1.82, 2.24) is 5.32 Å². The molecule has 1 heterocycles. The first kappa shape index (κ1) is 22.0. The summed E-state index contributed by atoms with van der Waals surface area (Å²) in [5.41, 5.74) is 2.81. The average molecular weight is 430 g/mol. The Morgan fingerprint density at radius 2 is 1.73 bits per heavy atom. The highest BCUT2D eigenvalue weighted by atomic mass is 32.2. The highest BCUT2D eigenvalue weighted by Gasteiger charge is 2.34. The predicted molar refractivity (Wildman–Crippen MR) is 115 cm³/mol. The maximum absolute atomic E-state index is 12.5. The average Bonchev–Trinajstić information content (AvgIpc) is 3.12. The van der Waals surface area contributed by atoms with E-state index in [4.69, 9.17) is 5.14 Å². The zero-order valence-corrected chi connectivity index (χ0v) is 17.8. The Morgan fingerprint density at radius 1 is 1.10 bits per heavy atom. The van der Waals surface area contributed by atoms with Gasteiger partial charge in [0.2, 0.25) is 21.8 Å². The second-order valence-electron chi connectivity index (χ2n) is 7.58. The van der Waals surface area contributed by atoms with Crippen LogP contribution in [0.3, 0.4) is 0 Å². The zero-order valence-electron chi connectivity index (χ0n) is 17.0. The highest BCUT2D eigenvalue weighted by Crippen LogP contribution is 2.26. The van der Waals surface area contributed by atoms with Crippen molar-refractivity contribution in [3.8, 4) is 0 Å². The lowest BCUT2D eigenvalue weighted by atomic mass is 10.1. The van der Waals surface area contributed by atoms with Crippen molar-refractivity contribution in [2.24, 2.45) is 11.1 Å². The van der Waals surface area contributed by atoms with E-state index < -0.39 is 15.9 Å². The third-order valence-corrected chi connectivity index (χ3v) is 6.21. The monoisotopic (exact) mass is 429 g/mol. The molecule has 3 rings (SSSR count). The maximum atomic E-state index is 12.5. The van der Waals surface area contributed by atoms with Crippen molar-refractivity contribution >= 4 is 27.5 Å². The lowest BCUT2D eigenvalue weighted by Gasteiger charge is -2.17. The van der Waals surface area contributed by atoms with Gasteiger partial charge >= 0.3 is 0 Å². The largest absolute Gasteiger partial charge is 0.352 e. The number of carbonyl (C=O) groups is 2. The molecule has 30 heavy (non-hydrogen) atoms. The second-order valence-corrected chi connectivity index (χ2v) is 9.14. The van der Waals surface area contributed by atoms with E-state index in [2.05, 4.69) is 12.2 Å². The van der Waals surface area contributed by atoms with Crippen LogP contribution in [0.25, 0.3) is 0 Å². The molecular formula is C22H27N3O4S. The SMILES string of the molecule is CCCCc1ccc(N2C[C@@H](C(=O)NCc3ccc(S(N)(=O)=O)cc3)CC2=O)cc1. The number of amides is 2. The van der Waals surface area contributed by atoms with Gasteiger partial charge in [-0.2, -0.15) is 0 Å².